The molecule has 1 aromatic carbocycles. The van der Waals surface area contributed by atoms with Crippen molar-refractivity contribution < 1.29 is 4.74 Å². The minimum atomic E-state index is 0.237. The maximum Gasteiger partial charge on any atom is 0.194 e. The Hall–Kier alpha value is -1.96. The summed E-state index contributed by atoms with van der Waals surface area (Å²) >= 11 is 1.74. The quantitative estimate of drug-likeness (QED) is 0.603. The van der Waals surface area contributed by atoms with Gasteiger partial charge in [-0.2, -0.15) is 0 Å². The van der Waals surface area contributed by atoms with Gasteiger partial charge in [-0.1, -0.05) is 30.3 Å². The topological polar surface area (TPSA) is 53.0 Å². The number of aromatic nitrogens is 1. The third-order valence-electron chi connectivity index (χ3n) is 5.72. The Bertz CT molecular complexity index is 817. The second-order valence-electron chi connectivity index (χ2n) is 7.76. The normalized spacial score (nSPS) is 22.7. The Morgan fingerprint density at radius 2 is 2.10 bits per heavy atom. The summed E-state index contributed by atoms with van der Waals surface area (Å²) in [6.45, 7) is 12.4. The third kappa shape index (κ3) is 4.79. The molecule has 29 heavy (non-hydrogen) atoms. The van der Waals surface area contributed by atoms with E-state index in [0.717, 1.165) is 56.0 Å². The number of thiazole rings is 1. The minimum Gasteiger partial charge on any atom is -0.373 e. The Morgan fingerprint density at radius 1 is 1.28 bits per heavy atom. The smallest absolute Gasteiger partial charge is 0.194 e. The zero-order valence-electron chi connectivity index (χ0n) is 17.6. The van der Waals surface area contributed by atoms with E-state index in [4.69, 9.17) is 9.73 Å². The molecule has 2 aliphatic heterocycles. The number of hydrogen-bond acceptors (Lipinski definition) is 5. The van der Waals surface area contributed by atoms with Crippen LogP contribution >= 0.6 is 11.3 Å². The number of aliphatic imine (C=N–C) groups is 1. The highest BCUT2D eigenvalue weighted by molar-refractivity contribution is 7.11. The van der Waals surface area contributed by atoms with E-state index in [1.807, 2.05) is 0 Å². The number of morpholine rings is 1. The highest BCUT2D eigenvalue weighted by Gasteiger charge is 2.41. The lowest BCUT2D eigenvalue weighted by Gasteiger charge is -2.36. The predicted molar refractivity (Wildman–Crippen MR) is 118 cm³/mol. The number of rotatable bonds is 5. The van der Waals surface area contributed by atoms with Crippen molar-refractivity contribution in [1.29, 1.82) is 0 Å². The fraction of sp³-hybridized carbons (Fsp3) is 0.545. The van der Waals surface area contributed by atoms with Crippen molar-refractivity contribution >= 4 is 17.3 Å². The number of likely N-dealkylation sites (tertiary alicyclic amines) is 1. The molecule has 2 aliphatic rings. The van der Waals surface area contributed by atoms with Crippen LogP contribution in [0.4, 0.5) is 0 Å². The lowest BCUT2D eigenvalue weighted by Crippen LogP contribution is -2.50. The summed E-state index contributed by atoms with van der Waals surface area (Å²) in [6.07, 6.45) is 0.237. The Morgan fingerprint density at radius 3 is 2.83 bits per heavy atom. The molecule has 1 aromatic heterocycles. The van der Waals surface area contributed by atoms with Crippen molar-refractivity contribution in [1.82, 2.24) is 20.1 Å². The number of aryl methyl sites for hydroxylation is 2. The van der Waals surface area contributed by atoms with Gasteiger partial charge >= 0.3 is 0 Å². The second kappa shape index (κ2) is 9.24. The van der Waals surface area contributed by atoms with E-state index in [1.165, 1.54) is 10.4 Å². The number of ether oxygens (including phenoxy) is 1. The number of nitrogens with one attached hydrogen (secondary N) is 1. The molecule has 0 saturated carbocycles. The Balaban J connectivity index is 1.45. The van der Waals surface area contributed by atoms with Gasteiger partial charge in [0.15, 0.2) is 5.96 Å². The van der Waals surface area contributed by atoms with Crippen LogP contribution in [0.1, 0.15) is 28.1 Å². The van der Waals surface area contributed by atoms with Gasteiger partial charge in [0, 0.05) is 37.6 Å². The maximum absolute atomic E-state index is 6.13. The van der Waals surface area contributed by atoms with Crippen LogP contribution in [0.15, 0.2) is 35.3 Å². The van der Waals surface area contributed by atoms with E-state index in [-0.39, 0.29) is 6.10 Å². The molecule has 3 heterocycles. The first kappa shape index (κ1) is 20.3. The lowest BCUT2D eigenvalue weighted by atomic mass is 10.1. The summed E-state index contributed by atoms with van der Waals surface area (Å²) in [5.41, 5.74) is 2.48. The summed E-state index contributed by atoms with van der Waals surface area (Å²) in [4.78, 5) is 15.7. The molecule has 0 amide bonds. The van der Waals surface area contributed by atoms with Crippen molar-refractivity contribution in [3.8, 4) is 0 Å². The zero-order valence-corrected chi connectivity index (χ0v) is 18.4. The standard InChI is InChI=1S/C22H31N5OS/c1-4-23-22(24-12-21-25-16(2)17(3)29-21)27-14-19-20(15-27)28-11-10-26(19)13-18-8-6-5-7-9-18/h5-9,19-20H,4,10-15H2,1-3H3,(H,23,24). The second-order valence-corrected chi connectivity index (χ2v) is 9.04. The molecule has 0 radical (unpaired) electrons. The fourth-order valence-corrected chi connectivity index (χ4v) is 4.98. The summed E-state index contributed by atoms with van der Waals surface area (Å²) in [7, 11) is 0. The Kier molecular flexibility index (Phi) is 6.47. The number of hydrogen-bond donors (Lipinski definition) is 1. The molecule has 2 atom stereocenters. The van der Waals surface area contributed by atoms with Gasteiger partial charge in [0.05, 0.1) is 31.0 Å². The van der Waals surface area contributed by atoms with Crippen LogP contribution in [0.5, 0.6) is 0 Å². The SMILES string of the molecule is CCNC(=NCc1nc(C)c(C)s1)N1CC2OCCN(Cc3ccccc3)C2C1. The molecule has 0 bridgehead atoms. The molecule has 2 saturated heterocycles. The van der Waals surface area contributed by atoms with Crippen LogP contribution < -0.4 is 5.32 Å². The van der Waals surface area contributed by atoms with Crippen LogP contribution in [-0.4, -0.2) is 65.7 Å². The van der Waals surface area contributed by atoms with Crippen molar-refractivity contribution in [2.45, 2.75) is 46.0 Å². The molecule has 2 aromatic rings. The van der Waals surface area contributed by atoms with E-state index in [9.17, 15) is 0 Å². The monoisotopic (exact) mass is 413 g/mol. The van der Waals surface area contributed by atoms with E-state index in [0.29, 0.717) is 12.6 Å². The van der Waals surface area contributed by atoms with Gasteiger partial charge in [-0.3, -0.25) is 4.90 Å². The molecule has 4 rings (SSSR count). The molecule has 0 aliphatic carbocycles. The highest BCUT2D eigenvalue weighted by Crippen LogP contribution is 2.25. The molecule has 156 valence electrons. The summed E-state index contributed by atoms with van der Waals surface area (Å²) < 4.78 is 6.13. The highest BCUT2D eigenvalue weighted by atomic mass is 32.1. The summed E-state index contributed by atoms with van der Waals surface area (Å²) in [5, 5.41) is 4.55. The lowest BCUT2D eigenvalue weighted by molar-refractivity contribution is -0.0502. The van der Waals surface area contributed by atoms with E-state index >= 15 is 0 Å². The number of guanidine groups is 1. The largest absolute Gasteiger partial charge is 0.373 e. The average Bonchev–Trinajstić information content (AvgIpc) is 3.30. The van der Waals surface area contributed by atoms with E-state index in [1.54, 1.807) is 11.3 Å². The number of nitrogens with zero attached hydrogens (tertiary/aromatic N) is 4. The van der Waals surface area contributed by atoms with Gasteiger partial charge in [0.2, 0.25) is 0 Å². The zero-order chi connectivity index (χ0) is 20.2. The van der Waals surface area contributed by atoms with E-state index in [2.05, 4.69) is 71.2 Å². The van der Waals surface area contributed by atoms with Crippen LogP contribution in [0, 0.1) is 13.8 Å². The number of benzene rings is 1. The average molecular weight is 414 g/mol. The van der Waals surface area contributed by atoms with Crippen LogP contribution in [0.3, 0.4) is 0 Å². The van der Waals surface area contributed by atoms with Gasteiger partial charge in [0.25, 0.3) is 0 Å². The summed E-state index contributed by atoms with van der Waals surface area (Å²) in [6, 6.07) is 11.1. The maximum atomic E-state index is 6.13. The molecule has 6 nitrogen and oxygen atoms in total. The summed E-state index contributed by atoms with van der Waals surface area (Å²) in [5.74, 6) is 0.968. The van der Waals surface area contributed by atoms with Crippen molar-refractivity contribution in [3.63, 3.8) is 0 Å². The number of fused-ring (bicyclic) bond motifs is 1. The first-order chi connectivity index (χ1) is 14.1. The predicted octanol–water partition coefficient (Wildman–Crippen LogP) is 2.81. The molecule has 7 heteroatoms. The molecule has 0 spiro atoms. The van der Waals surface area contributed by atoms with Gasteiger partial charge in [0.1, 0.15) is 5.01 Å². The van der Waals surface area contributed by atoms with Gasteiger partial charge in [-0.25, -0.2) is 9.98 Å². The van der Waals surface area contributed by atoms with Gasteiger partial charge in [-0.05, 0) is 26.3 Å². The molecule has 2 fully saturated rings. The van der Waals surface area contributed by atoms with Gasteiger partial charge in [-0.15, -0.1) is 11.3 Å². The first-order valence-electron chi connectivity index (χ1n) is 10.5. The van der Waals surface area contributed by atoms with Crippen LogP contribution in [0.25, 0.3) is 0 Å². The van der Waals surface area contributed by atoms with Crippen LogP contribution in [0.2, 0.25) is 0 Å². The van der Waals surface area contributed by atoms with Gasteiger partial charge < -0.3 is 15.0 Å². The molecular formula is C22H31N5OS. The molecular weight excluding hydrogens is 382 g/mol. The van der Waals surface area contributed by atoms with Crippen molar-refractivity contribution in [3.05, 3.63) is 51.5 Å². The van der Waals surface area contributed by atoms with Crippen molar-refractivity contribution in [2.24, 2.45) is 4.99 Å². The van der Waals surface area contributed by atoms with E-state index < -0.39 is 0 Å². The van der Waals surface area contributed by atoms with Crippen molar-refractivity contribution in [2.75, 3.05) is 32.8 Å². The van der Waals surface area contributed by atoms with Crippen LogP contribution in [-0.2, 0) is 17.8 Å². The third-order valence-corrected chi connectivity index (χ3v) is 6.77. The minimum absolute atomic E-state index is 0.237. The fourth-order valence-electron chi connectivity index (χ4n) is 4.12. The molecule has 1 N–H and O–H groups in total. The Labute approximate surface area is 177 Å². The first-order valence-corrected chi connectivity index (χ1v) is 11.3. The molecule has 2 unspecified atom stereocenters.